The summed E-state index contributed by atoms with van der Waals surface area (Å²) in [5.74, 6) is -0.786. The number of hydrogen-bond donors (Lipinski definition) is 1. The highest BCUT2D eigenvalue weighted by Gasteiger charge is 2.28. The molecule has 0 aliphatic heterocycles. The molecule has 36 heavy (non-hydrogen) atoms. The minimum atomic E-state index is -3.74. The van der Waals surface area contributed by atoms with Crippen molar-refractivity contribution in [1.29, 1.82) is 5.26 Å². The summed E-state index contributed by atoms with van der Waals surface area (Å²) < 4.78 is 32.5. The highest BCUT2D eigenvalue weighted by Crippen LogP contribution is 2.41. The molecule has 0 atom stereocenters. The molecule has 4 aromatic rings. The highest BCUT2D eigenvalue weighted by atomic mass is 32.2. The lowest BCUT2D eigenvalue weighted by molar-refractivity contribution is -0.139. The van der Waals surface area contributed by atoms with Crippen LogP contribution in [0.1, 0.15) is 21.6 Å². The minimum Gasteiger partial charge on any atom is -0.482 e. The number of hydrogen-bond acceptors (Lipinski definition) is 7. The van der Waals surface area contributed by atoms with E-state index in [-0.39, 0.29) is 10.1 Å². The molecule has 0 bridgehead atoms. The number of fused-ring (bicyclic) bond motifs is 3. The lowest BCUT2D eigenvalue weighted by atomic mass is 9.93. The van der Waals surface area contributed by atoms with Gasteiger partial charge in [-0.25, -0.2) is 18.2 Å². The Morgan fingerprint density at radius 2 is 1.78 bits per heavy atom. The van der Waals surface area contributed by atoms with Gasteiger partial charge in [0.25, 0.3) is 0 Å². The number of aryl methyl sites for hydroxylation is 1. The first-order valence-corrected chi connectivity index (χ1v) is 13.6. The third kappa shape index (κ3) is 4.61. The van der Waals surface area contributed by atoms with Gasteiger partial charge >= 0.3 is 5.97 Å². The summed E-state index contributed by atoms with van der Waals surface area (Å²) in [4.78, 5) is 16.4. The van der Waals surface area contributed by atoms with Crippen LogP contribution in [0, 0.1) is 11.3 Å². The number of benzene rings is 3. The second-order valence-electron chi connectivity index (χ2n) is 8.32. The molecule has 0 unspecified atom stereocenters. The van der Waals surface area contributed by atoms with Crippen molar-refractivity contribution >= 4 is 27.1 Å². The van der Waals surface area contributed by atoms with Gasteiger partial charge in [-0.05, 0) is 47.7 Å². The Morgan fingerprint density at radius 1 is 1.03 bits per heavy atom. The Labute approximate surface area is 212 Å². The summed E-state index contributed by atoms with van der Waals surface area (Å²) in [6, 6.07) is 21.8. The van der Waals surface area contributed by atoms with Crippen molar-refractivity contribution < 1.29 is 23.1 Å². The smallest absolute Gasteiger partial charge is 0.341 e. The molecule has 1 aliphatic carbocycles. The molecule has 0 fully saturated rings. The number of ether oxygens (including phenoxy) is 1. The summed E-state index contributed by atoms with van der Waals surface area (Å²) in [5, 5.41) is 18.0. The van der Waals surface area contributed by atoms with Crippen LogP contribution in [0.2, 0.25) is 0 Å². The highest BCUT2D eigenvalue weighted by molar-refractivity contribution is 7.92. The van der Waals surface area contributed by atoms with Gasteiger partial charge in [0.2, 0.25) is 14.2 Å². The summed E-state index contributed by atoms with van der Waals surface area (Å²) in [6.45, 7) is -0.446. The Morgan fingerprint density at radius 3 is 2.53 bits per heavy atom. The molecule has 1 heterocycles. The summed E-state index contributed by atoms with van der Waals surface area (Å²) in [7, 11) is -3.74. The molecule has 0 spiro atoms. The van der Waals surface area contributed by atoms with Crippen LogP contribution in [0.25, 0.3) is 22.4 Å². The second-order valence-corrected chi connectivity index (χ2v) is 11.6. The monoisotopic (exact) mass is 516 g/mol. The zero-order valence-electron chi connectivity index (χ0n) is 19.0. The van der Waals surface area contributed by atoms with Crippen LogP contribution in [-0.4, -0.2) is 31.1 Å². The lowest BCUT2D eigenvalue weighted by Gasteiger charge is -2.18. The van der Waals surface area contributed by atoms with Gasteiger partial charge in [0, 0.05) is 16.0 Å². The van der Waals surface area contributed by atoms with Gasteiger partial charge in [0.15, 0.2) is 6.61 Å². The van der Waals surface area contributed by atoms with Crippen LogP contribution in [0.5, 0.6) is 5.75 Å². The summed E-state index contributed by atoms with van der Waals surface area (Å²) in [6.07, 6.45) is 1.21. The first kappa shape index (κ1) is 23.7. The Bertz CT molecular complexity index is 1620. The van der Waals surface area contributed by atoms with E-state index in [0.717, 1.165) is 27.1 Å². The molecule has 1 aliphatic rings. The van der Waals surface area contributed by atoms with Crippen LogP contribution >= 0.6 is 11.3 Å². The van der Waals surface area contributed by atoms with Gasteiger partial charge in [0.1, 0.15) is 5.75 Å². The van der Waals surface area contributed by atoms with E-state index in [9.17, 15) is 13.2 Å². The first-order chi connectivity index (χ1) is 17.4. The fourth-order valence-electron chi connectivity index (χ4n) is 4.32. The van der Waals surface area contributed by atoms with Gasteiger partial charge in [-0.2, -0.15) is 5.26 Å². The number of nitriles is 1. The third-order valence-electron chi connectivity index (χ3n) is 5.97. The van der Waals surface area contributed by atoms with E-state index in [4.69, 9.17) is 15.1 Å². The van der Waals surface area contributed by atoms with Gasteiger partial charge in [-0.1, -0.05) is 48.5 Å². The molecule has 1 aromatic heterocycles. The largest absolute Gasteiger partial charge is 0.482 e. The molecular weight excluding hydrogens is 496 g/mol. The maximum Gasteiger partial charge on any atom is 0.341 e. The molecule has 5 rings (SSSR count). The molecule has 0 saturated heterocycles. The Kier molecular flexibility index (Phi) is 6.31. The summed E-state index contributed by atoms with van der Waals surface area (Å²) in [5.41, 5.74) is 5.04. The Balaban J connectivity index is 1.47. The van der Waals surface area contributed by atoms with E-state index in [1.807, 2.05) is 30.3 Å². The van der Waals surface area contributed by atoms with E-state index in [2.05, 4.69) is 11.1 Å². The molecule has 0 amide bonds. The number of carboxylic acid groups (broad SMARTS) is 1. The zero-order chi connectivity index (χ0) is 25.3. The molecule has 0 radical (unpaired) electrons. The standard InChI is InChI=1S/C27H20N2O5S2/c28-14-17-8-10-18(11-9-17)20-5-2-1-4-19(20)16-36(32,33)27-29-26-22-6-3-7-23(34-15-25(30)31)21(22)12-13-24(26)35-27/h1-11H,12-13,15-16H2,(H,30,31). The van der Waals surface area contributed by atoms with E-state index >= 15 is 0 Å². The number of thiazole rings is 1. The molecule has 0 saturated carbocycles. The minimum absolute atomic E-state index is 0.0619. The van der Waals surface area contributed by atoms with Gasteiger partial charge in [-0.3, -0.25) is 0 Å². The maximum absolute atomic E-state index is 13.5. The number of nitrogens with zero attached hydrogens (tertiary/aromatic N) is 2. The van der Waals surface area contributed by atoms with Crippen molar-refractivity contribution in [3.8, 4) is 34.2 Å². The van der Waals surface area contributed by atoms with Crippen molar-refractivity contribution in [3.63, 3.8) is 0 Å². The van der Waals surface area contributed by atoms with Gasteiger partial charge in [-0.15, -0.1) is 11.3 Å². The predicted molar refractivity (Wildman–Crippen MR) is 136 cm³/mol. The second kappa shape index (κ2) is 9.57. The van der Waals surface area contributed by atoms with Crippen LogP contribution in [0.3, 0.4) is 0 Å². The number of sulfone groups is 1. The van der Waals surface area contributed by atoms with E-state index in [0.29, 0.717) is 35.4 Å². The average molecular weight is 517 g/mol. The predicted octanol–water partition coefficient (Wildman–Crippen LogP) is 4.88. The van der Waals surface area contributed by atoms with E-state index in [1.54, 1.807) is 36.4 Å². The number of carboxylic acids is 1. The quantitative estimate of drug-likeness (QED) is 0.372. The van der Waals surface area contributed by atoms with Crippen molar-refractivity contribution in [2.45, 2.75) is 22.9 Å². The maximum atomic E-state index is 13.5. The molecule has 180 valence electrons. The van der Waals surface area contributed by atoms with Crippen molar-refractivity contribution in [2.75, 3.05) is 6.61 Å². The molecular formula is C27H20N2O5S2. The fourth-order valence-corrected chi connectivity index (χ4v) is 7.13. The SMILES string of the molecule is N#Cc1ccc(-c2ccccc2CS(=O)(=O)c2nc3c(s2)CCc2c(OCC(=O)O)cccc2-3)cc1. The first-order valence-electron chi connectivity index (χ1n) is 11.1. The number of carbonyl (C=O) groups is 1. The lowest BCUT2D eigenvalue weighted by Crippen LogP contribution is -2.12. The van der Waals surface area contributed by atoms with Crippen LogP contribution in [0.4, 0.5) is 0 Å². The fraction of sp³-hybridized carbons (Fsp3) is 0.148. The molecule has 3 aromatic carbocycles. The van der Waals surface area contributed by atoms with Gasteiger partial charge < -0.3 is 9.84 Å². The third-order valence-corrected chi connectivity index (χ3v) is 9.21. The van der Waals surface area contributed by atoms with Crippen molar-refractivity contribution in [1.82, 2.24) is 4.98 Å². The molecule has 7 nitrogen and oxygen atoms in total. The normalized spacial score (nSPS) is 12.3. The summed E-state index contributed by atoms with van der Waals surface area (Å²) >= 11 is 1.19. The van der Waals surface area contributed by atoms with Gasteiger partial charge in [0.05, 0.1) is 23.1 Å². The van der Waals surface area contributed by atoms with E-state index in [1.165, 1.54) is 11.3 Å². The molecule has 1 N–H and O–H groups in total. The number of aromatic nitrogens is 1. The number of aliphatic carboxylic acids is 1. The Hall–Kier alpha value is -4.00. The van der Waals surface area contributed by atoms with Crippen LogP contribution < -0.4 is 4.74 Å². The van der Waals surface area contributed by atoms with E-state index < -0.39 is 22.4 Å². The number of rotatable bonds is 7. The molecule has 9 heteroatoms. The van der Waals surface area contributed by atoms with Crippen molar-refractivity contribution in [3.05, 3.63) is 88.3 Å². The topological polar surface area (TPSA) is 117 Å². The zero-order valence-corrected chi connectivity index (χ0v) is 20.6. The average Bonchev–Trinajstić information content (AvgIpc) is 3.34. The van der Waals surface area contributed by atoms with Crippen LogP contribution in [-0.2, 0) is 33.2 Å². The van der Waals surface area contributed by atoms with Crippen molar-refractivity contribution in [2.24, 2.45) is 0 Å². The van der Waals surface area contributed by atoms with Crippen LogP contribution in [0.15, 0.2) is 71.1 Å².